The summed E-state index contributed by atoms with van der Waals surface area (Å²) < 4.78 is 0. The van der Waals surface area contributed by atoms with Crippen LogP contribution in [0.5, 0.6) is 0 Å². The monoisotopic (exact) mass is 239 g/mol. The summed E-state index contributed by atoms with van der Waals surface area (Å²) in [5, 5.41) is 11.8. The molecular formula is C12H17NO2S. The van der Waals surface area contributed by atoms with Crippen LogP contribution in [0.15, 0.2) is 29.2 Å². The van der Waals surface area contributed by atoms with Gasteiger partial charge in [0.1, 0.15) is 0 Å². The van der Waals surface area contributed by atoms with E-state index in [1.165, 1.54) is 0 Å². The molecule has 3 nitrogen and oxygen atoms in total. The minimum absolute atomic E-state index is 0.0227. The number of hydrogen-bond donors (Lipinski definition) is 2. The van der Waals surface area contributed by atoms with Crippen molar-refractivity contribution in [3.63, 3.8) is 0 Å². The van der Waals surface area contributed by atoms with E-state index in [-0.39, 0.29) is 18.6 Å². The van der Waals surface area contributed by atoms with Gasteiger partial charge in [-0.15, -0.1) is 11.8 Å². The summed E-state index contributed by atoms with van der Waals surface area (Å²) in [6.07, 6.45) is 2.72. The van der Waals surface area contributed by atoms with Crippen LogP contribution in [0.4, 0.5) is 0 Å². The number of hydrogen-bond acceptors (Lipinski definition) is 3. The smallest absolute Gasteiger partial charge is 0.251 e. The van der Waals surface area contributed by atoms with Crippen molar-refractivity contribution in [1.29, 1.82) is 0 Å². The number of aliphatic hydroxyl groups is 1. The quantitative estimate of drug-likeness (QED) is 0.772. The molecule has 16 heavy (non-hydrogen) atoms. The van der Waals surface area contributed by atoms with Crippen molar-refractivity contribution in [2.24, 2.45) is 0 Å². The van der Waals surface area contributed by atoms with Crippen LogP contribution < -0.4 is 5.32 Å². The van der Waals surface area contributed by atoms with Gasteiger partial charge in [-0.1, -0.05) is 6.92 Å². The van der Waals surface area contributed by atoms with Crippen molar-refractivity contribution < 1.29 is 9.90 Å². The highest BCUT2D eigenvalue weighted by Crippen LogP contribution is 2.14. The fourth-order valence-electron chi connectivity index (χ4n) is 1.29. The fraction of sp³-hybridized carbons (Fsp3) is 0.417. The number of benzene rings is 1. The Labute approximate surface area is 100 Å². The molecule has 1 rings (SSSR count). The fourth-order valence-corrected chi connectivity index (χ4v) is 1.70. The molecule has 0 heterocycles. The highest BCUT2D eigenvalue weighted by atomic mass is 32.2. The molecule has 0 aliphatic heterocycles. The van der Waals surface area contributed by atoms with E-state index in [9.17, 15) is 4.79 Å². The van der Waals surface area contributed by atoms with Gasteiger partial charge in [-0.3, -0.25) is 4.79 Å². The van der Waals surface area contributed by atoms with Gasteiger partial charge >= 0.3 is 0 Å². The number of carbonyl (C=O) groups is 1. The molecule has 1 aromatic carbocycles. The number of thioether (sulfide) groups is 1. The molecule has 1 amide bonds. The zero-order valence-electron chi connectivity index (χ0n) is 9.56. The number of aliphatic hydroxyl groups excluding tert-OH is 1. The van der Waals surface area contributed by atoms with Crippen molar-refractivity contribution in [3.05, 3.63) is 29.8 Å². The van der Waals surface area contributed by atoms with E-state index < -0.39 is 0 Å². The third-order valence-corrected chi connectivity index (χ3v) is 3.14. The third-order valence-electron chi connectivity index (χ3n) is 2.40. The molecule has 1 aromatic rings. The minimum Gasteiger partial charge on any atom is -0.394 e. The maximum absolute atomic E-state index is 11.7. The van der Waals surface area contributed by atoms with Gasteiger partial charge in [0.15, 0.2) is 0 Å². The standard InChI is InChI=1S/C12H17NO2S/c1-3-10(8-14)13-12(15)9-4-6-11(16-2)7-5-9/h4-7,10,14H,3,8H2,1-2H3,(H,13,15)/t10-/m0/s1. The second-order valence-electron chi connectivity index (χ2n) is 3.49. The van der Waals surface area contributed by atoms with Gasteiger partial charge in [0.2, 0.25) is 0 Å². The van der Waals surface area contributed by atoms with Crippen molar-refractivity contribution in [1.82, 2.24) is 5.32 Å². The van der Waals surface area contributed by atoms with Crippen LogP contribution in [0.25, 0.3) is 0 Å². The predicted molar refractivity (Wildman–Crippen MR) is 66.9 cm³/mol. The second-order valence-corrected chi connectivity index (χ2v) is 4.37. The first-order valence-corrected chi connectivity index (χ1v) is 6.49. The minimum atomic E-state index is -0.160. The molecule has 4 heteroatoms. The Hall–Kier alpha value is -1.00. The molecule has 0 unspecified atom stereocenters. The van der Waals surface area contributed by atoms with E-state index in [1.807, 2.05) is 25.3 Å². The molecule has 0 fully saturated rings. The van der Waals surface area contributed by atoms with Crippen LogP contribution in [-0.4, -0.2) is 29.9 Å². The lowest BCUT2D eigenvalue weighted by Crippen LogP contribution is -2.36. The zero-order chi connectivity index (χ0) is 12.0. The van der Waals surface area contributed by atoms with Gasteiger partial charge in [0.25, 0.3) is 5.91 Å². The molecule has 0 aliphatic rings. The van der Waals surface area contributed by atoms with E-state index in [0.29, 0.717) is 5.56 Å². The summed E-state index contributed by atoms with van der Waals surface area (Å²) >= 11 is 1.64. The molecule has 0 spiro atoms. The highest BCUT2D eigenvalue weighted by molar-refractivity contribution is 7.98. The molecule has 0 aromatic heterocycles. The Kier molecular flexibility index (Phi) is 5.35. The van der Waals surface area contributed by atoms with Crippen LogP contribution in [0.3, 0.4) is 0 Å². The number of rotatable bonds is 5. The van der Waals surface area contributed by atoms with Crippen LogP contribution in [0.2, 0.25) is 0 Å². The predicted octanol–water partition coefficient (Wildman–Crippen LogP) is 1.91. The summed E-state index contributed by atoms with van der Waals surface area (Å²) in [5.74, 6) is -0.131. The first-order valence-electron chi connectivity index (χ1n) is 5.27. The maximum atomic E-state index is 11.7. The van der Waals surface area contributed by atoms with Gasteiger partial charge in [-0.2, -0.15) is 0 Å². The average Bonchev–Trinajstić information content (AvgIpc) is 2.35. The number of nitrogens with one attached hydrogen (secondary N) is 1. The van der Waals surface area contributed by atoms with Gasteiger partial charge in [0, 0.05) is 10.5 Å². The SMILES string of the molecule is CC[C@@H](CO)NC(=O)c1ccc(SC)cc1. The topological polar surface area (TPSA) is 49.3 Å². The van der Waals surface area contributed by atoms with Gasteiger partial charge in [-0.05, 0) is 36.9 Å². The lowest BCUT2D eigenvalue weighted by Gasteiger charge is -2.13. The van der Waals surface area contributed by atoms with Crippen molar-refractivity contribution in [3.8, 4) is 0 Å². The van der Waals surface area contributed by atoms with Gasteiger partial charge in [0.05, 0.1) is 12.6 Å². The highest BCUT2D eigenvalue weighted by Gasteiger charge is 2.10. The van der Waals surface area contributed by atoms with Crippen LogP contribution >= 0.6 is 11.8 Å². The molecule has 88 valence electrons. The van der Waals surface area contributed by atoms with E-state index >= 15 is 0 Å². The number of carbonyl (C=O) groups excluding carboxylic acids is 1. The molecule has 2 N–H and O–H groups in total. The summed E-state index contributed by atoms with van der Waals surface area (Å²) in [5.41, 5.74) is 0.629. The Bertz CT molecular complexity index is 333. The molecule has 0 saturated heterocycles. The molecule has 0 saturated carbocycles. The summed E-state index contributed by atoms with van der Waals surface area (Å²) in [4.78, 5) is 12.9. The maximum Gasteiger partial charge on any atom is 0.251 e. The van der Waals surface area contributed by atoms with Crippen LogP contribution in [0.1, 0.15) is 23.7 Å². The van der Waals surface area contributed by atoms with Crippen molar-refractivity contribution >= 4 is 17.7 Å². The lowest BCUT2D eigenvalue weighted by atomic mass is 10.2. The van der Waals surface area contributed by atoms with Crippen LogP contribution in [-0.2, 0) is 0 Å². The van der Waals surface area contributed by atoms with Crippen molar-refractivity contribution in [2.45, 2.75) is 24.3 Å². The van der Waals surface area contributed by atoms with Crippen molar-refractivity contribution in [2.75, 3.05) is 12.9 Å². The Morgan fingerprint density at radius 3 is 2.50 bits per heavy atom. The van der Waals surface area contributed by atoms with Gasteiger partial charge in [-0.25, -0.2) is 0 Å². The van der Waals surface area contributed by atoms with Gasteiger partial charge < -0.3 is 10.4 Å². The zero-order valence-corrected chi connectivity index (χ0v) is 10.4. The Balaban J connectivity index is 2.65. The average molecular weight is 239 g/mol. The molecule has 0 bridgehead atoms. The Morgan fingerprint density at radius 2 is 2.06 bits per heavy atom. The summed E-state index contributed by atoms with van der Waals surface area (Å²) in [7, 11) is 0. The van der Waals surface area contributed by atoms with E-state index in [1.54, 1.807) is 23.9 Å². The summed E-state index contributed by atoms with van der Waals surface area (Å²) in [6.45, 7) is 1.91. The van der Waals surface area contributed by atoms with Crippen LogP contribution in [0, 0.1) is 0 Å². The number of amides is 1. The van der Waals surface area contributed by atoms with E-state index in [2.05, 4.69) is 5.32 Å². The molecule has 0 aliphatic carbocycles. The Morgan fingerprint density at radius 1 is 1.44 bits per heavy atom. The van der Waals surface area contributed by atoms with E-state index in [4.69, 9.17) is 5.11 Å². The lowest BCUT2D eigenvalue weighted by molar-refractivity contribution is 0.0915. The molecule has 0 radical (unpaired) electrons. The first-order chi connectivity index (χ1) is 7.71. The first kappa shape index (κ1) is 13.1. The molecule has 1 atom stereocenters. The van der Waals surface area contributed by atoms with E-state index in [0.717, 1.165) is 11.3 Å². The molecular weight excluding hydrogens is 222 g/mol. The third kappa shape index (κ3) is 3.54. The second kappa shape index (κ2) is 6.55. The normalized spacial score (nSPS) is 12.2. The largest absolute Gasteiger partial charge is 0.394 e. The summed E-state index contributed by atoms with van der Waals surface area (Å²) in [6, 6.07) is 7.27.